The van der Waals surface area contributed by atoms with Crippen molar-refractivity contribution in [2.24, 2.45) is 0 Å². The van der Waals surface area contributed by atoms with Crippen molar-refractivity contribution in [3.63, 3.8) is 0 Å². The predicted octanol–water partition coefficient (Wildman–Crippen LogP) is 3.41. The van der Waals surface area contributed by atoms with Gasteiger partial charge in [0.05, 0.1) is 0 Å². The van der Waals surface area contributed by atoms with Crippen molar-refractivity contribution in [1.29, 1.82) is 0 Å². The second-order valence-electron chi connectivity index (χ2n) is 4.89. The summed E-state index contributed by atoms with van der Waals surface area (Å²) in [6.45, 7) is 4.02. The fraction of sp³-hybridized carbons (Fsp3) is 0.625. The van der Waals surface area contributed by atoms with Gasteiger partial charge in [-0.2, -0.15) is 0 Å². The molecule has 0 aromatic heterocycles. The Balaban J connectivity index is 1.87. The van der Waals surface area contributed by atoms with Crippen LogP contribution in [0.15, 0.2) is 30.3 Å². The SMILES string of the molecule is CNC(C)CCCCOCCCc1ccccc1. The molecular weight excluding hydrogens is 222 g/mol. The summed E-state index contributed by atoms with van der Waals surface area (Å²) in [6, 6.07) is 11.2. The maximum Gasteiger partial charge on any atom is 0.0469 e. The molecule has 2 nitrogen and oxygen atoms in total. The fourth-order valence-electron chi connectivity index (χ4n) is 1.92. The first kappa shape index (κ1) is 15.2. The van der Waals surface area contributed by atoms with E-state index in [9.17, 15) is 0 Å². The normalized spacial score (nSPS) is 12.6. The highest BCUT2D eigenvalue weighted by Crippen LogP contribution is 2.03. The Morgan fingerprint density at radius 1 is 1.06 bits per heavy atom. The summed E-state index contributed by atoms with van der Waals surface area (Å²) in [5, 5.41) is 3.25. The van der Waals surface area contributed by atoms with Gasteiger partial charge in [-0.15, -0.1) is 0 Å². The second kappa shape index (κ2) is 10.1. The van der Waals surface area contributed by atoms with Crippen molar-refractivity contribution >= 4 is 0 Å². The average Bonchev–Trinajstić information content (AvgIpc) is 2.42. The number of aryl methyl sites for hydroxylation is 1. The summed E-state index contributed by atoms with van der Waals surface area (Å²) in [4.78, 5) is 0. The van der Waals surface area contributed by atoms with Crippen molar-refractivity contribution in [2.45, 2.75) is 45.1 Å². The molecule has 0 amide bonds. The van der Waals surface area contributed by atoms with Gasteiger partial charge in [0.25, 0.3) is 0 Å². The molecule has 1 rings (SSSR count). The molecule has 1 N–H and O–H groups in total. The molecule has 102 valence electrons. The minimum absolute atomic E-state index is 0.628. The number of ether oxygens (including phenoxy) is 1. The number of unbranched alkanes of at least 4 members (excludes halogenated alkanes) is 1. The van der Waals surface area contributed by atoms with Gasteiger partial charge in [-0.25, -0.2) is 0 Å². The maximum absolute atomic E-state index is 5.65. The summed E-state index contributed by atoms with van der Waals surface area (Å²) >= 11 is 0. The Bertz CT molecular complexity index is 286. The van der Waals surface area contributed by atoms with Crippen LogP contribution in [0, 0.1) is 0 Å². The molecule has 18 heavy (non-hydrogen) atoms. The van der Waals surface area contributed by atoms with Crippen LogP contribution in [0.4, 0.5) is 0 Å². The first-order valence-electron chi connectivity index (χ1n) is 7.12. The smallest absolute Gasteiger partial charge is 0.0469 e. The van der Waals surface area contributed by atoms with Gasteiger partial charge in [0.15, 0.2) is 0 Å². The lowest BCUT2D eigenvalue weighted by molar-refractivity contribution is 0.127. The van der Waals surface area contributed by atoms with E-state index in [1.165, 1.54) is 24.8 Å². The monoisotopic (exact) mass is 249 g/mol. The van der Waals surface area contributed by atoms with Crippen LogP contribution in [0.25, 0.3) is 0 Å². The zero-order valence-electron chi connectivity index (χ0n) is 11.8. The number of hydrogen-bond acceptors (Lipinski definition) is 2. The van der Waals surface area contributed by atoms with Crippen LogP contribution >= 0.6 is 0 Å². The van der Waals surface area contributed by atoms with Gasteiger partial charge in [0, 0.05) is 19.3 Å². The largest absolute Gasteiger partial charge is 0.381 e. The Morgan fingerprint density at radius 3 is 2.50 bits per heavy atom. The molecule has 2 heteroatoms. The second-order valence-corrected chi connectivity index (χ2v) is 4.89. The van der Waals surface area contributed by atoms with Gasteiger partial charge in [0.2, 0.25) is 0 Å². The van der Waals surface area contributed by atoms with Crippen LogP contribution in [-0.2, 0) is 11.2 Å². The first-order chi connectivity index (χ1) is 8.83. The highest BCUT2D eigenvalue weighted by atomic mass is 16.5. The Morgan fingerprint density at radius 2 is 1.78 bits per heavy atom. The molecule has 1 aromatic rings. The summed E-state index contributed by atoms with van der Waals surface area (Å²) < 4.78 is 5.65. The van der Waals surface area contributed by atoms with Gasteiger partial charge in [0.1, 0.15) is 0 Å². The van der Waals surface area contributed by atoms with Crippen molar-refractivity contribution in [2.75, 3.05) is 20.3 Å². The standard InChI is InChI=1S/C16H27NO/c1-15(17-2)9-6-7-13-18-14-8-12-16-10-4-3-5-11-16/h3-5,10-11,15,17H,6-9,12-14H2,1-2H3. The lowest BCUT2D eigenvalue weighted by Crippen LogP contribution is -2.20. The number of rotatable bonds is 10. The zero-order chi connectivity index (χ0) is 13.1. The summed E-state index contributed by atoms with van der Waals surface area (Å²) in [5.41, 5.74) is 1.41. The van der Waals surface area contributed by atoms with Crippen molar-refractivity contribution in [3.8, 4) is 0 Å². The highest BCUT2D eigenvalue weighted by molar-refractivity contribution is 5.14. The van der Waals surface area contributed by atoms with Crippen LogP contribution in [0.3, 0.4) is 0 Å². The van der Waals surface area contributed by atoms with E-state index in [0.29, 0.717) is 6.04 Å². The molecule has 0 aliphatic carbocycles. The van der Waals surface area contributed by atoms with Crippen molar-refractivity contribution < 1.29 is 4.74 Å². The van der Waals surface area contributed by atoms with E-state index < -0.39 is 0 Å². The predicted molar refractivity (Wildman–Crippen MR) is 78.0 cm³/mol. The Labute approximate surface area is 112 Å². The number of nitrogens with one attached hydrogen (secondary N) is 1. The van der Waals surface area contributed by atoms with Crippen LogP contribution in [0.5, 0.6) is 0 Å². The minimum Gasteiger partial charge on any atom is -0.381 e. The van der Waals surface area contributed by atoms with Gasteiger partial charge in [-0.05, 0) is 51.6 Å². The lowest BCUT2D eigenvalue weighted by Gasteiger charge is -2.09. The third-order valence-electron chi connectivity index (χ3n) is 3.27. The molecule has 0 bridgehead atoms. The fourth-order valence-corrected chi connectivity index (χ4v) is 1.92. The summed E-state index contributed by atoms with van der Waals surface area (Å²) in [6.07, 6.45) is 5.91. The van der Waals surface area contributed by atoms with Gasteiger partial charge < -0.3 is 10.1 Å². The molecule has 0 radical (unpaired) electrons. The topological polar surface area (TPSA) is 21.3 Å². The van der Waals surface area contributed by atoms with Gasteiger partial charge >= 0.3 is 0 Å². The molecule has 1 atom stereocenters. The first-order valence-corrected chi connectivity index (χ1v) is 7.12. The molecule has 1 unspecified atom stereocenters. The van der Waals surface area contributed by atoms with Gasteiger partial charge in [-0.1, -0.05) is 30.3 Å². The highest BCUT2D eigenvalue weighted by Gasteiger charge is 1.97. The number of hydrogen-bond donors (Lipinski definition) is 1. The molecule has 0 saturated carbocycles. The summed E-state index contributed by atoms with van der Waals surface area (Å²) in [7, 11) is 2.02. The molecule has 0 heterocycles. The van der Waals surface area contributed by atoms with Crippen LogP contribution < -0.4 is 5.32 Å². The maximum atomic E-state index is 5.65. The molecular formula is C16H27NO. The number of benzene rings is 1. The molecule has 0 saturated heterocycles. The van der Waals surface area contributed by atoms with Crippen LogP contribution in [0.2, 0.25) is 0 Å². The van der Waals surface area contributed by atoms with Gasteiger partial charge in [-0.3, -0.25) is 0 Å². The van der Waals surface area contributed by atoms with Crippen LogP contribution in [-0.4, -0.2) is 26.3 Å². The van der Waals surface area contributed by atoms with E-state index in [1.807, 2.05) is 7.05 Å². The van der Waals surface area contributed by atoms with E-state index in [2.05, 4.69) is 42.6 Å². The third kappa shape index (κ3) is 7.46. The van der Waals surface area contributed by atoms with E-state index in [-0.39, 0.29) is 0 Å². The van der Waals surface area contributed by atoms with E-state index in [0.717, 1.165) is 26.1 Å². The molecule has 1 aromatic carbocycles. The van der Waals surface area contributed by atoms with Crippen LogP contribution in [0.1, 0.15) is 38.2 Å². The van der Waals surface area contributed by atoms with E-state index in [1.54, 1.807) is 0 Å². The Hall–Kier alpha value is -0.860. The zero-order valence-corrected chi connectivity index (χ0v) is 11.8. The van der Waals surface area contributed by atoms with Crippen molar-refractivity contribution in [1.82, 2.24) is 5.32 Å². The third-order valence-corrected chi connectivity index (χ3v) is 3.27. The van der Waals surface area contributed by atoms with Crippen molar-refractivity contribution in [3.05, 3.63) is 35.9 Å². The molecule has 0 fully saturated rings. The minimum atomic E-state index is 0.628. The van der Waals surface area contributed by atoms with E-state index in [4.69, 9.17) is 4.74 Å². The molecule has 0 aliphatic rings. The lowest BCUT2D eigenvalue weighted by atomic mass is 10.1. The molecule has 0 aliphatic heterocycles. The Kier molecular flexibility index (Phi) is 8.53. The van der Waals surface area contributed by atoms with E-state index >= 15 is 0 Å². The molecule has 0 spiro atoms. The average molecular weight is 249 g/mol. The summed E-state index contributed by atoms with van der Waals surface area (Å²) in [5.74, 6) is 0. The quantitative estimate of drug-likeness (QED) is 0.642.